The van der Waals surface area contributed by atoms with Crippen LogP contribution in [0.15, 0.2) is 17.6 Å². The number of piperazine rings is 1. The summed E-state index contributed by atoms with van der Waals surface area (Å²) in [5.74, 6) is 0.462. The molecule has 1 unspecified atom stereocenters. The molecule has 23 heavy (non-hydrogen) atoms. The second-order valence-electron chi connectivity index (χ2n) is 6.89. The second-order valence-corrected chi connectivity index (χ2v) is 8.78. The number of imidazole rings is 1. The fourth-order valence-electron chi connectivity index (χ4n) is 3.40. The van der Waals surface area contributed by atoms with Crippen LogP contribution in [-0.4, -0.2) is 72.5 Å². The lowest BCUT2D eigenvalue weighted by Gasteiger charge is -2.32. The van der Waals surface area contributed by atoms with Gasteiger partial charge in [-0.1, -0.05) is 13.8 Å². The van der Waals surface area contributed by atoms with Gasteiger partial charge in [0.2, 0.25) is 0 Å². The second kappa shape index (κ2) is 6.88. The van der Waals surface area contributed by atoms with Crippen LogP contribution in [0.1, 0.15) is 20.3 Å². The number of hydrogen-bond acceptors (Lipinski definition) is 5. The minimum Gasteiger partial charge on any atom is -0.336 e. The van der Waals surface area contributed by atoms with Gasteiger partial charge in [-0.3, -0.25) is 4.90 Å². The minimum absolute atomic E-state index is 0.180. The Kier molecular flexibility index (Phi) is 5.05. The maximum Gasteiger partial charge on any atom is 0.262 e. The Hall–Kier alpha value is -0.960. The molecule has 8 heteroatoms. The van der Waals surface area contributed by atoms with Gasteiger partial charge >= 0.3 is 0 Å². The third-order valence-electron chi connectivity index (χ3n) is 4.58. The highest BCUT2D eigenvalue weighted by Gasteiger charge is 2.36. The van der Waals surface area contributed by atoms with Gasteiger partial charge in [0.25, 0.3) is 10.0 Å². The lowest BCUT2D eigenvalue weighted by atomic mass is 10.2. The van der Waals surface area contributed by atoms with Gasteiger partial charge in [-0.25, -0.2) is 13.4 Å². The molecule has 7 nitrogen and oxygen atoms in total. The molecular formula is C15H27N5O2S. The van der Waals surface area contributed by atoms with Crippen LogP contribution >= 0.6 is 0 Å². The van der Waals surface area contributed by atoms with E-state index in [1.807, 2.05) is 4.57 Å². The van der Waals surface area contributed by atoms with Gasteiger partial charge < -0.3 is 9.88 Å². The maximum atomic E-state index is 12.8. The highest BCUT2D eigenvalue weighted by Crippen LogP contribution is 2.23. The summed E-state index contributed by atoms with van der Waals surface area (Å²) in [6, 6.07) is 0.338. The van der Waals surface area contributed by atoms with Crippen molar-refractivity contribution in [3.05, 3.63) is 12.5 Å². The van der Waals surface area contributed by atoms with Crippen molar-refractivity contribution in [1.29, 1.82) is 0 Å². The highest BCUT2D eigenvalue weighted by molar-refractivity contribution is 7.89. The molecule has 0 radical (unpaired) electrons. The Morgan fingerprint density at radius 2 is 2.04 bits per heavy atom. The van der Waals surface area contributed by atoms with Crippen LogP contribution in [0.5, 0.6) is 0 Å². The van der Waals surface area contributed by atoms with Crippen LogP contribution in [0.3, 0.4) is 0 Å². The SMILES string of the molecule is CC(C)Cn1cnc(S(=O)(=O)N2CCC(N3CCNCC3)C2)c1. The molecule has 1 aromatic rings. The molecule has 0 aliphatic carbocycles. The summed E-state index contributed by atoms with van der Waals surface area (Å²) in [7, 11) is -3.47. The molecule has 3 heterocycles. The lowest BCUT2D eigenvalue weighted by molar-refractivity contribution is 0.179. The van der Waals surface area contributed by atoms with E-state index in [1.165, 1.54) is 0 Å². The van der Waals surface area contributed by atoms with Crippen LogP contribution in [-0.2, 0) is 16.6 Å². The molecule has 0 aromatic carbocycles. The number of hydrogen-bond donors (Lipinski definition) is 1. The molecule has 0 saturated carbocycles. The summed E-state index contributed by atoms with van der Waals surface area (Å²) in [5.41, 5.74) is 0. The summed E-state index contributed by atoms with van der Waals surface area (Å²) in [6.07, 6.45) is 4.19. The van der Waals surface area contributed by atoms with E-state index in [0.717, 1.165) is 39.1 Å². The van der Waals surface area contributed by atoms with Crippen LogP contribution in [0, 0.1) is 5.92 Å². The largest absolute Gasteiger partial charge is 0.336 e. The Morgan fingerprint density at radius 3 is 2.74 bits per heavy atom. The molecule has 1 N–H and O–H groups in total. The molecule has 0 spiro atoms. The molecule has 2 aliphatic heterocycles. The van der Waals surface area contributed by atoms with E-state index in [4.69, 9.17) is 0 Å². The van der Waals surface area contributed by atoms with Crippen LogP contribution in [0.2, 0.25) is 0 Å². The van der Waals surface area contributed by atoms with E-state index < -0.39 is 10.0 Å². The van der Waals surface area contributed by atoms with Gasteiger partial charge in [0, 0.05) is 58.1 Å². The summed E-state index contributed by atoms with van der Waals surface area (Å²) < 4.78 is 29.0. The van der Waals surface area contributed by atoms with Crippen molar-refractivity contribution in [1.82, 2.24) is 24.1 Å². The van der Waals surface area contributed by atoms with Crippen LogP contribution in [0.4, 0.5) is 0 Å². The molecule has 0 bridgehead atoms. The minimum atomic E-state index is -3.47. The fourth-order valence-corrected chi connectivity index (χ4v) is 4.83. The van der Waals surface area contributed by atoms with Gasteiger partial charge in [0.1, 0.15) is 0 Å². The monoisotopic (exact) mass is 341 g/mol. The van der Waals surface area contributed by atoms with Crippen molar-refractivity contribution < 1.29 is 8.42 Å². The maximum absolute atomic E-state index is 12.8. The first-order valence-electron chi connectivity index (χ1n) is 8.43. The summed E-state index contributed by atoms with van der Waals surface area (Å²) >= 11 is 0. The first-order chi connectivity index (χ1) is 11.0. The van der Waals surface area contributed by atoms with Gasteiger partial charge in [0.15, 0.2) is 5.03 Å². The number of nitrogens with one attached hydrogen (secondary N) is 1. The standard InChI is InChI=1S/C15H27N5O2S/c1-13(2)9-18-11-15(17-12-18)23(21,22)20-6-3-14(10-20)19-7-4-16-5-8-19/h11-14,16H,3-10H2,1-2H3. The predicted octanol–water partition coefficient (Wildman–Crippen LogP) is 0.207. The molecule has 2 aliphatic rings. The molecular weight excluding hydrogens is 314 g/mol. The first kappa shape index (κ1) is 16.9. The van der Waals surface area contributed by atoms with Gasteiger partial charge in [-0.05, 0) is 12.3 Å². The Morgan fingerprint density at radius 1 is 1.30 bits per heavy atom. The molecule has 2 fully saturated rings. The number of rotatable bonds is 5. The Balaban J connectivity index is 1.67. The van der Waals surface area contributed by atoms with Crippen molar-refractivity contribution in [3.8, 4) is 0 Å². The fraction of sp³-hybridized carbons (Fsp3) is 0.800. The molecule has 130 valence electrons. The van der Waals surface area contributed by atoms with E-state index in [-0.39, 0.29) is 5.03 Å². The average molecular weight is 341 g/mol. The van der Waals surface area contributed by atoms with Gasteiger partial charge in [-0.15, -0.1) is 0 Å². The third-order valence-corrected chi connectivity index (χ3v) is 6.33. The van der Waals surface area contributed by atoms with Crippen molar-refractivity contribution in [2.75, 3.05) is 39.3 Å². The summed E-state index contributed by atoms with van der Waals surface area (Å²) in [4.78, 5) is 6.54. The highest BCUT2D eigenvalue weighted by atomic mass is 32.2. The molecule has 0 amide bonds. The predicted molar refractivity (Wildman–Crippen MR) is 88.7 cm³/mol. The normalized spacial score (nSPS) is 24.6. The Bertz CT molecular complexity index is 622. The smallest absolute Gasteiger partial charge is 0.262 e. The Labute approximate surface area is 138 Å². The summed E-state index contributed by atoms with van der Waals surface area (Å²) in [5, 5.41) is 3.52. The first-order valence-corrected chi connectivity index (χ1v) is 9.87. The topological polar surface area (TPSA) is 70.5 Å². The zero-order valence-corrected chi connectivity index (χ0v) is 14.8. The lowest BCUT2D eigenvalue weighted by Crippen LogP contribution is -2.49. The van der Waals surface area contributed by atoms with Crippen molar-refractivity contribution in [3.63, 3.8) is 0 Å². The number of nitrogens with zero attached hydrogens (tertiary/aromatic N) is 4. The van der Waals surface area contributed by atoms with Crippen molar-refractivity contribution >= 4 is 10.0 Å². The zero-order chi connectivity index (χ0) is 16.4. The third kappa shape index (κ3) is 3.76. The van der Waals surface area contributed by atoms with E-state index in [1.54, 1.807) is 16.8 Å². The van der Waals surface area contributed by atoms with Crippen molar-refractivity contribution in [2.24, 2.45) is 5.92 Å². The van der Waals surface area contributed by atoms with Crippen LogP contribution < -0.4 is 5.32 Å². The zero-order valence-electron chi connectivity index (χ0n) is 14.0. The van der Waals surface area contributed by atoms with E-state index >= 15 is 0 Å². The van der Waals surface area contributed by atoms with Gasteiger partial charge in [0.05, 0.1) is 6.33 Å². The average Bonchev–Trinajstić information content (AvgIpc) is 3.17. The number of aromatic nitrogens is 2. The summed E-state index contributed by atoms with van der Waals surface area (Å²) in [6.45, 7) is 10.1. The van der Waals surface area contributed by atoms with E-state index in [2.05, 4.69) is 29.0 Å². The molecule has 2 saturated heterocycles. The molecule has 1 atom stereocenters. The van der Waals surface area contributed by atoms with Crippen LogP contribution in [0.25, 0.3) is 0 Å². The molecule has 1 aromatic heterocycles. The van der Waals surface area contributed by atoms with Crippen molar-refractivity contribution in [2.45, 2.75) is 37.9 Å². The number of sulfonamides is 1. The van der Waals surface area contributed by atoms with E-state index in [9.17, 15) is 8.42 Å². The molecule has 3 rings (SSSR count). The quantitative estimate of drug-likeness (QED) is 0.829. The van der Waals surface area contributed by atoms with E-state index in [0.29, 0.717) is 25.0 Å². The van der Waals surface area contributed by atoms with Gasteiger partial charge in [-0.2, -0.15) is 4.31 Å².